The number of halogens is 4. The van der Waals surface area contributed by atoms with Crippen LogP contribution in [0.2, 0.25) is 0 Å². The van der Waals surface area contributed by atoms with Gasteiger partial charge in [0.2, 0.25) is 0 Å². The molecule has 1 nitrogen and oxygen atoms in total. The van der Waals surface area contributed by atoms with Gasteiger partial charge in [-0.2, -0.15) is 13.2 Å². The smallest absolute Gasteiger partial charge is 0.309 e. The molecule has 17 heavy (non-hydrogen) atoms. The van der Waals surface area contributed by atoms with E-state index in [1.54, 1.807) is 0 Å². The first-order chi connectivity index (χ1) is 7.88. The second-order valence-corrected chi connectivity index (χ2v) is 5.60. The molecule has 1 rings (SSSR count). The Morgan fingerprint density at radius 2 is 1.88 bits per heavy atom. The summed E-state index contributed by atoms with van der Waals surface area (Å²) in [5.74, 6) is 0.0321. The van der Waals surface area contributed by atoms with Crippen LogP contribution in [0.25, 0.3) is 0 Å². The van der Waals surface area contributed by atoms with Crippen molar-refractivity contribution in [2.24, 2.45) is 0 Å². The average molecular weight is 328 g/mol. The second kappa shape index (κ2) is 6.66. The first-order valence-corrected chi connectivity index (χ1v) is 6.86. The van der Waals surface area contributed by atoms with Gasteiger partial charge in [0.1, 0.15) is 0 Å². The number of alkyl halides is 3. The third-order valence-corrected chi connectivity index (χ3v) is 3.45. The summed E-state index contributed by atoms with van der Waals surface area (Å²) >= 11 is 3.33. The molecule has 0 aliphatic rings. The molecule has 0 fully saturated rings. The lowest BCUT2D eigenvalue weighted by Gasteiger charge is -2.14. The van der Waals surface area contributed by atoms with Crippen LogP contribution in [-0.2, 0) is 0 Å². The maximum Gasteiger partial charge on any atom is 0.441 e. The molecule has 0 aliphatic carbocycles. The van der Waals surface area contributed by atoms with E-state index >= 15 is 0 Å². The Kier molecular flexibility index (Phi) is 5.82. The van der Waals surface area contributed by atoms with Crippen LogP contribution in [0, 0.1) is 0 Å². The van der Waals surface area contributed by atoms with Crippen molar-refractivity contribution in [1.29, 1.82) is 0 Å². The Labute approximate surface area is 111 Å². The molecule has 0 bridgehead atoms. The largest absolute Gasteiger partial charge is 0.441 e. The fourth-order valence-electron chi connectivity index (χ4n) is 1.31. The number of hydrogen-bond acceptors (Lipinski definition) is 2. The summed E-state index contributed by atoms with van der Waals surface area (Å²) in [6.07, 6.45) is 0. The quantitative estimate of drug-likeness (QED) is 0.807. The van der Waals surface area contributed by atoms with E-state index in [1.807, 2.05) is 31.2 Å². The van der Waals surface area contributed by atoms with Crippen LogP contribution in [0.15, 0.2) is 28.7 Å². The highest BCUT2D eigenvalue weighted by atomic mass is 79.9. The maximum atomic E-state index is 11.9. The molecule has 0 amide bonds. The minimum absolute atomic E-state index is 0.00319. The van der Waals surface area contributed by atoms with Crippen molar-refractivity contribution >= 4 is 27.7 Å². The fraction of sp³-hybridized carbons (Fsp3) is 0.455. The molecule has 0 radical (unpaired) electrons. The molecule has 1 aromatic carbocycles. The van der Waals surface area contributed by atoms with Crippen LogP contribution in [-0.4, -0.2) is 17.8 Å². The van der Waals surface area contributed by atoms with Gasteiger partial charge < -0.3 is 5.32 Å². The lowest BCUT2D eigenvalue weighted by atomic mass is 10.1. The summed E-state index contributed by atoms with van der Waals surface area (Å²) < 4.78 is 36.6. The fourth-order valence-corrected chi connectivity index (χ4v) is 2.03. The zero-order valence-electron chi connectivity index (χ0n) is 9.22. The molecule has 1 aromatic rings. The van der Waals surface area contributed by atoms with Gasteiger partial charge in [-0.25, -0.2) is 0 Å². The van der Waals surface area contributed by atoms with Gasteiger partial charge in [0.25, 0.3) is 0 Å². The molecule has 0 saturated carbocycles. The molecular formula is C11H13BrF3NS. The van der Waals surface area contributed by atoms with Crippen LogP contribution in [0.5, 0.6) is 0 Å². The predicted octanol–water partition coefficient (Wildman–Crippen LogP) is 4.35. The Morgan fingerprint density at radius 3 is 2.41 bits per heavy atom. The molecule has 1 N–H and O–H groups in total. The van der Waals surface area contributed by atoms with Gasteiger partial charge in [-0.1, -0.05) is 28.1 Å². The van der Waals surface area contributed by atoms with E-state index < -0.39 is 5.51 Å². The van der Waals surface area contributed by atoms with Crippen molar-refractivity contribution in [1.82, 2.24) is 5.32 Å². The van der Waals surface area contributed by atoms with Gasteiger partial charge >= 0.3 is 5.51 Å². The van der Waals surface area contributed by atoms with Crippen LogP contribution in [0.1, 0.15) is 18.5 Å². The van der Waals surface area contributed by atoms with Gasteiger partial charge in [0.15, 0.2) is 0 Å². The first-order valence-electron chi connectivity index (χ1n) is 5.08. The number of thioether (sulfide) groups is 1. The molecule has 0 saturated heterocycles. The molecule has 0 aliphatic heterocycles. The van der Waals surface area contributed by atoms with E-state index in [-0.39, 0.29) is 23.6 Å². The third-order valence-electron chi connectivity index (χ3n) is 2.19. The number of rotatable bonds is 5. The average Bonchev–Trinajstić information content (AvgIpc) is 2.24. The maximum absolute atomic E-state index is 11.9. The molecule has 96 valence electrons. The van der Waals surface area contributed by atoms with Crippen molar-refractivity contribution in [3.63, 3.8) is 0 Å². The van der Waals surface area contributed by atoms with E-state index in [9.17, 15) is 13.2 Å². The van der Waals surface area contributed by atoms with Gasteiger partial charge in [-0.3, -0.25) is 0 Å². The summed E-state index contributed by atoms with van der Waals surface area (Å²) in [4.78, 5) is 0. The summed E-state index contributed by atoms with van der Waals surface area (Å²) in [5, 5.41) is 3.05. The number of benzene rings is 1. The first kappa shape index (κ1) is 14.9. The van der Waals surface area contributed by atoms with Gasteiger partial charge in [0, 0.05) is 22.8 Å². The van der Waals surface area contributed by atoms with Crippen LogP contribution < -0.4 is 5.32 Å². The Bertz CT molecular complexity index is 340. The van der Waals surface area contributed by atoms with Gasteiger partial charge in [0.05, 0.1) is 0 Å². The highest BCUT2D eigenvalue weighted by Gasteiger charge is 2.27. The Morgan fingerprint density at radius 1 is 1.29 bits per heavy atom. The molecule has 6 heteroatoms. The van der Waals surface area contributed by atoms with Gasteiger partial charge in [-0.05, 0) is 36.4 Å². The second-order valence-electron chi connectivity index (χ2n) is 3.52. The van der Waals surface area contributed by atoms with Crippen LogP contribution in [0.3, 0.4) is 0 Å². The van der Waals surface area contributed by atoms with E-state index in [2.05, 4.69) is 21.2 Å². The minimum atomic E-state index is -4.14. The third kappa shape index (κ3) is 6.33. The van der Waals surface area contributed by atoms with Crippen LogP contribution >= 0.6 is 27.7 Å². The monoisotopic (exact) mass is 327 g/mol. The lowest BCUT2D eigenvalue weighted by molar-refractivity contribution is -0.0327. The molecule has 0 spiro atoms. The van der Waals surface area contributed by atoms with Crippen molar-refractivity contribution in [3.8, 4) is 0 Å². The summed E-state index contributed by atoms with van der Waals surface area (Å²) in [5.41, 5.74) is -3.08. The van der Waals surface area contributed by atoms with Crippen molar-refractivity contribution in [3.05, 3.63) is 34.3 Å². The van der Waals surface area contributed by atoms with Crippen molar-refractivity contribution in [2.75, 3.05) is 12.3 Å². The molecule has 0 heterocycles. The van der Waals surface area contributed by atoms with Crippen LogP contribution in [0.4, 0.5) is 13.2 Å². The zero-order valence-corrected chi connectivity index (χ0v) is 11.6. The lowest BCUT2D eigenvalue weighted by Crippen LogP contribution is -2.22. The Balaban J connectivity index is 2.30. The van der Waals surface area contributed by atoms with E-state index in [0.717, 1.165) is 10.0 Å². The van der Waals surface area contributed by atoms with Crippen molar-refractivity contribution in [2.45, 2.75) is 18.5 Å². The number of hydrogen-bond donors (Lipinski definition) is 1. The molecule has 0 aromatic heterocycles. The molecule has 1 atom stereocenters. The highest BCUT2D eigenvalue weighted by molar-refractivity contribution is 9.10. The van der Waals surface area contributed by atoms with Gasteiger partial charge in [-0.15, -0.1) is 0 Å². The van der Waals surface area contributed by atoms with Crippen molar-refractivity contribution < 1.29 is 13.2 Å². The minimum Gasteiger partial charge on any atom is -0.309 e. The van der Waals surface area contributed by atoms with E-state index in [0.29, 0.717) is 6.54 Å². The molecule has 0 unspecified atom stereocenters. The van der Waals surface area contributed by atoms with E-state index in [4.69, 9.17) is 0 Å². The topological polar surface area (TPSA) is 12.0 Å². The predicted molar refractivity (Wildman–Crippen MR) is 69.1 cm³/mol. The SMILES string of the molecule is C[C@H](NCCSC(F)(F)F)c1ccc(Br)cc1. The number of nitrogens with one attached hydrogen (secondary N) is 1. The summed E-state index contributed by atoms with van der Waals surface area (Å²) in [7, 11) is 0. The summed E-state index contributed by atoms with van der Waals surface area (Å²) in [6.45, 7) is 2.27. The zero-order chi connectivity index (χ0) is 12.9. The molecular weight excluding hydrogens is 315 g/mol. The van der Waals surface area contributed by atoms with E-state index in [1.165, 1.54) is 0 Å². The highest BCUT2D eigenvalue weighted by Crippen LogP contribution is 2.29. The Hall–Kier alpha value is -0.200. The standard InChI is InChI=1S/C11H13BrF3NS/c1-8(9-2-4-10(12)5-3-9)16-6-7-17-11(13,14)15/h2-5,8,16H,6-7H2,1H3/t8-/m0/s1. The normalized spacial score (nSPS) is 13.7. The summed E-state index contributed by atoms with van der Waals surface area (Å²) in [6, 6.07) is 7.77.